The van der Waals surface area contributed by atoms with E-state index in [0.29, 0.717) is 6.04 Å². The van der Waals surface area contributed by atoms with Crippen molar-refractivity contribution in [1.29, 1.82) is 0 Å². The Morgan fingerprint density at radius 2 is 2.00 bits per heavy atom. The van der Waals surface area contributed by atoms with Crippen molar-refractivity contribution in [3.63, 3.8) is 0 Å². The highest BCUT2D eigenvalue weighted by Crippen LogP contribution is 2.12. The van der Waals surface area contributed by atoms with Crippen LogP contribution in [0.1, 0.15) is 26.2 Å². The van der Waals surface area contributed by atoms with E-state index in [1.165, 1.54) is 32.4 Å². The van der Waals surface area contributed by atoms with Crippen LogP contribution in [-0.2, 0) is 0 Å². The fourth-order valence-corrected chi connectivity index (χ4v) is 1.68. The molecule has 1 heterocycles. The molecule has 1 rings (SSSR count). The number of likely N-dealkylation sites (tertiary alicyclic amines) is 1. The van der Waals surface area contributed by atoms with Gasteiger partial charge in [0.25, 0.3) is 0 Å². The summed E-state index contributed by atoms with van der Waals surface area (Å²) in [7, 11) is 0. The second kappa shape index (κ2) is 3.94. The second-order valence-corrected chi connectivity index (χ2v) is 3.04. The minimum atomic E-state index is 0.655. The molecular weight excluding hydrogens is 124 g/mol. The Morgan fingerprint density at radius 1 is 1.40 bits per heavy atom. The average molecular weight is 142 g/mol. The van der Waals surface area contributed by atoms with Crippen molar-refractivity contribution in [3.05, 3.63) is 0 Å². The van der Waals surface area contributed by atoms with Crippen LogP contribution in [0, 0.1) is 0 Å². The van der Waals surface area contributed by atoms with Gasteiger partial charge in [-0.25, -0.2) is 0 Å². The molecule has 0 aliphatic carbocycles. The highest BCUT2D eigenvalue weighted by Gasteiger charge is 2.18. The summed E-state index contributed by atoms with van der Waals surface area (Å²) in [6.45, 7) is 5.60. The lowest BCUT2D eigenvalue weighted by Gasteiger charge is -2.24. The van der Waals surface area contributed by atoms with Gasteiger partial charge in [0, 0.05) is 12.6 Å². The Bertz CT molecular complexity index is 83.3. The molecule has 0 bridgehead atoms. The number of nitrogens with two attached hydrogens (primary N) is 1. The first-order valence-electron chi connectivity index (χ1n) is 4.32. The first kappa shape index (κ1) is 8.02. The molecule has 2 N–H and O–H groups in total. The molecule has 1 fully saturated rings. The third kappa shape index (κ3) is 1.70. The van der Waals surface area contributed by atoms with Gasteiger partial charge >= 0.3 is 0 Å². The van der Waals surface area contributed by atoms with E-state index < -0.39 is 0 Å². The summed E-state index contributed by atoms with van der Waals surface area (Å²) in [6, 6.07) is 0.655. The molecule has 0 aromatic rings. The standard InChI is InChI=1S/C8H18N2/c1-2-8(7-9)10-5-3-4-6-10/h8H,2-7,9H2,1H3/t8-/m0/s1. The van der Waals surface area contributed by atoms with E-state index in [-0.39, 0.29) is 0 Å². The monoisotopic (exact) mass is 142 g/mol. The van der Waals surface area contributed by atoms with Gasteiger partial charge in [-0.1, -0.05) is 6.92 Å². The van der Waals surface area contributed by atoms with Gasteiger partial charge in [-0.2, -0.15) is 0 Å². The summed E-state index contributed by atoms with van der Waals surface area (Å²) in [5.74, 6) is 0. The van der Waals surface area contributed by atoms with Crippen molar-refractivity contribution in [2.24, 2.45) is 5.73 Å². The summed E-state index contributed by atoms with van der Waals surface area (Å²) < 4.78 is 0. The SMILES string of the molecule is CC[C@@H](CN)N1CCCC1. The zero-order valence-corrected chi connectivity index (χ0v) is 6.84. The Morgan fingerprint density at radius 3 is 2.40 bits per heavy atom. The third-order valence-electron chi connectivity index (χ3n) is 2.40. The Kier molecular flexibility index (Phi) is 3.16. The van der Waals surface area contributed by atoms with Gasteiger partial charge in [0.1, 0.15) is 0 Å². The highest BCUT2D eigenvalue weighted by molar-refractivity contribution is 4.75. The van der Waals surface area contributed by atoms with Crippen LogP contribution in [0.5, 0.6) is 0 Å². The van der Waals surface area contributed by atoms with Crippen molar-refractivity contribution in [3.8, 4) is 0 Å². The second-order valence-electron chi connectivity index (χ2n) is 3.04. The molecule has 10 heavy (non-hydrogen) atoms. The van der Waals surface area contributed by atoms with Gasteiger partial charge in [-0.05, 0) is 32.4 Å². The molecule has 0 radical (unpaired) electrons. The van der Waals surface area contributed by atoms with Crippen LogP contribution >= 0.6 is 0 Å². The normalized spacial score (nSPS) is 23.4. The minimum absolute atomic E-state index is 0.655. The van der Waals surface area contributed by atoms with Crippen LogP contribution in [-0.4, -0.2) is 30.6 Å². The van der Waals surface area contributed by atoms with Crippen molar-refractivity contribution in [1.82, 2.24) is 4.90 Å². The summed E-state index contributed by atoms with van der Waals surface area (Å²) in [4.78, 5) is 2.51. The molecule has 0 aromatic heterocycles. The van der Waals surface area contributed by atoms with Crippen LogP contribution in [0.2, 0.25) is 0 Å². The quantitative estimate of drug-likeness (QED) is 0.632. The van der Waals surface area contributed by atoms with Gasteiger partial charge < -0.3 is 5.73 Å². The molecule has 1 atom stereocenters. The predicted molar refractivity (Wildman–Crippen MR) is 43.9 cm³/mol. The van der Waals surface area contributed by atoms with Crippen LogP contribution in [0.15, 0.2) is 0 Å². The summed E-state index contributed by atoms with van der Waals surface area (Å²) in [5.41, 5.74) is 5.62. The maximum absolute atomic E-state index is 5.62. The Labute approximate surface area is 63.4 Å². The topological polar surface area (TPSA) is 29.3 Å². The Hall–Kier alpha value is -0.0800. The molecular formula is C8H18N2. The third-order valence-corrected chi connectivity index (χ3v) is 2.40. The van der Waals surface area contributed by atoms with Crippen LogP contribution < -0.4 is 5.73 Å². The summed E-state index contributed by atoms with van der Waals surface area (Å²) in [6.07, 6.45) is 3.95. The van der Waals surface area contributed by atoms with Crippen molar-refractivity contribution < 1.29 is 0 Å². The van der Waals surface area contributed by atoms with E-state index in [2.05, 4.69) is 11.8 Å². The molecule has 60 valence electrons. The Balaban J connectivity index is 2.29. The maximum Gasteiger partial charge on any atom is 0.0215 e. The highest BCUT2D eigenvalue weighted by atomic mass is 15.2. The van der Waals surface area contributed by atoms with Gasteiger partial charge in [0.05, 0.1) is 0 Å². The first-order chi connectivity index (χ1) is 4.88. The summed E-state index contributed by atoms with van der Waals surface area (Å²) in [5, 5.41) is 0. The molecule has 0 amide bonds. The average Bonchev–Trinajstić information content (AvgIpc) is 2.43. The van der Waals surface area contributed by atoms with Crippen molar-refractivity contribution >= 4 is 0 Å². The van der Waals surface area contributed by atoms with Crippen LogP contribution in [0.25, 0.3) is 0 Å². The molecule has 0 spiro atoms. The molecule has 1 saturated heterocycles. The first-order valence-corrected chi connectivity index (χ1v) is 4.32. The molecule has 0 saturated carbocycles. The molecule has 0 unspecified atom stereocenters. The number of hydrogen-bond donors (Lipinski definition) is 1. The lowest BCUT2D eigenvalue weighted by atomic mass is 10.2. The van der Waals surface area contributed by atoms with E-state index >= 15 is 0 Å². The van der Waals surface area contributed by atoms with E-state index in [0.717, 1.165) is 6.54 Å². The van der Waals surface area contributed by atoms with Gasteiger partial charge in [0.15, 0.2) is 0 Å². The number of rotatable bonds is 3. The lowest BCUT2D eigenvalue weighted by molar-refractivity contribution is 0.242. The van der Waals surface area contributed by atoms with Gasteiger partial charge in [-0.3, -0.25) is 4.90 Å². The molecule has 2 heteroatoms. The van der Waals surface area contributed by atoms with Gasteiger partial charge in [0.2, 0.25) is 0 Å². The lowest BCUT2D eigenvalue weighted by Crippen LogP contribution is -2.37. The number of hydrogen-bond acceptors (Lipinski definition) is 2. The predicted octanol–water partition coefficient (Wildman–Crippen LogP) is 0.819. The summed E-state index contributed by atoms with van der Waals surface area (Å²) >= 11 is 0. The maximum atomic E-state index is 5.62. The van der Waals surface area contributed by atoms with Crippen molar-refractivity contribution in [2.75, 3.05) is 19.6 Å². The van der Waals surface area contributed by atoms with Crippen LogP contribution in [0.3, 0.4) is 0 Å². The van der Waals surface area contributed by atoms with Crippen LogP contribution in [0.4, 0.5) is 0 Å². The number of nitrogens with zero attached hydrogens (tertiary/aromatic N) is 1. The fourth-order valence-electron chi connectivity index (χ4n) is 1.68. The molecule has 0 aromatic carbocycles. The van der Waals surface area contributed by atoms with E-state index in [9.17, 15) is 0 Å². The van der Waals surface area contributed by atoms with Gasteiger partial charge in [-0.15, -0.1) is 0 Å². The van der Waals surface area contributed by atoms with E-state index in [1.54, 1.807) is 0 Å². The molecule has 2 nitrogen and oxygen atoms in total. The van der Waals surface area contributed by atoms with E-state index in [1.807, 2.05) is 0 Å². The van der Waals surface area contributed by atoms with Crippen molar-refractivity contribution in [2.45, 2.75) is 32.2 Å². The smallest absolute Gasteiger partial charge is 0.0215 e. The molecule has 1 aliphatic rings. The fraction of sp³-hybridized carbons (Fsp3) is 1.00. The largest absolute Gasteiger partial charge is 0.329 e. The molecule has 1 aliphatic heterocycles. The zero-order valence-electron chi connectivity index (χ0n) is 6.84. The van der Waals surface area contributed by atoms with E-state index in [4.69, 9.17) is 5.73 Å². The zero-order chi connectivity index (χ0) is 7.40. The minimum Gasteiger partial charge on any atom is -0.329 e.